The van der Waals surface area contributed by atoms with Gasteiger partial charge in [-0.15, -0.1) is 0 Å². The molecular formula is C13H20BrN3. The van der Waals surface area contributed by atoms with E-state index >= 15 is 0 Å². The molecule has 1 fully saturated rings. The molecule has 0 spiro atoms. The summed E-state index contributed by atoms with van der Waals surface area (Å²) in [5.41, 5.74) is 4.17. The lowest BCUT2D eigenvalue weighted by Crippen LogP contribution is -2.33. The quantitative estimate of drug-likeness (QED) is 0.511. The van der Waals surface area contributed by atoms with Gasteiger partial charge in [-0.2, -0.15) is 0 Å². The Kier molecular flexibility index (Phi) is 4.95. The Labute approximate surface area is 111 Å². The second-order valence-electron chi connectivity index (χ2n) is 4.83. The minimum absolute atomic E-state index is 0.234. The summed E-state index contributed by atoms with van der Waals surface area (Å²) in [5.74, 6) is 6.38. The van der Waals surface area contributed by atoms with Crippen LogP contribution >= 0.6 is 15.9 Å². The Morgan fingerprint density at radius 1 is 1.24 bits per heavy atom. The fourth-order valence-corrected chi connectivity index (χ4v) is 3.13. The molecule has 0 aromatic carbocycles. The van der Waals surface area contributed by atoms with Crippen molar-refractivity contribution in [3.8, 4) is 0 Å². The van der Waals surface area contributed by atoms with E-state index in [1.807, 2.05) is 12.4 Å². The van der Waals surface area contributed by atoms with Crippen LogP contribution in [0.2, 0.25) is 0 Å². The molecule has 0 radical (unpaired) electrons. The highest BCUT2D eigenvalue weighted by Gasteiger charge is 2.23. The normalized spacial score (nSPS) is 19.9. The average Bonchev–Trinajstić information content (AvgIpc) is 2.59. The van der Waals surface area contributed by atoms with Gasteiger partial charge in [0.05, 0.1) is 6.04 Å². The maximum Gasteiger partial charge on any atom is 0.0503 e. The van der Waals surface area contributed by atoms with E-state index < -0.39 is 0 Å². The summed E-state index contributed by atoms with van der Waals surface area (Å²) in [5, 5.41) is 0. The first-order valence-electron chi connectivity index (χ1n) is 6.38. The average molecular weight is 298 g/mol. The van der Waals surface area contributed by atoms with Crippen molar-refractivity contribution in [2.24, 2.45) is 11.8 Å². The van der Waals surface area contributed by atoms with Gasteiger partial charge in [0, 0.05) is 16.9 Å². The zero-order valence-corrected chi connectivity index (χ0v) is 11.6. The number of nitrogens with one attached hydrogen (secondary N) is 1. The Hall–Kier alpha value is -0.450. The second-order valence-corrected chi connectivity index (χ2v) is 5.75. The van der Waals surface area contributed by atoms with E-state index in [0.29, 0.717) is 5.92 Å². The van der Waals surface area contributed by atoms with Crippen molar-refractivity contribution in [2.75, 3.05) is 0 Å². The Balaban J connectivity index is 2.14. The molecule has 4 heteroatoms. The van der Waals surface area contributed by atoms with Gasteiger partial charge in [0.2, 0.25) is 0 Å². The Bertz CT molecular complexity index is 348. The predicted octanol–water partition coefficient (Wildman–Crippen LogP) is 3.32. The van der Waals surface area contributed by atoms with Gasteiger partial charge in [0.25, 0.3) is 0 Å². The van der Waals surface area contributed by atoms with Crippen LogP contribution < -0.4 is 11.3 Å². The molecule has 94 valence electrons. The maximum atomic E-state index is 5.74. The number of nitrogens with zero attached hydrogens (tertiary/aromatic N) is 1. The first-order valence-corrected chi connectivity index (χ1v) is 7.17. The van der Waals surface area contributed by atoms with Crippen molar-refractivity contribution in [3.05, 3.63) is 28.5 Å². The van der Waals surface area contributed by atoms with E-state index in [9.17, 15) is 0 Å². The van der Waals surface area contributed by atoms with Crippen molar-refractivity contribution < 1.29 is 0 Å². The fourth-order valence-electron chi connectivity index (χ4n) is 2.75. The summed E-state index contributed by atoms with van der Waals surface area (Å²) in [7, 11) is 0. The summed E-state index contributed by atoms with van der Waals surface area (Å²) < 4.78 is 1.02. The van der Waals surface area contributed by atoms with Crippen LogP contribution in [0.1, 0.15) is 50.1 Å². The number of hydrogen-bond acceptors (Lipinski definition) is 3. The molecular weight excluding hydrogens is 278 g/mol. The summed E-state index contributed by atoms with van der Waals surface area (Å²) in [6.45, 7) is 0. The molecule has 1 saturated carbocycles. The van der Waals surface area contributed by atoms with Crippen molar-refractivity contribution in [3.63, 3.8) is 0 Å². The molecule has 0 aliphatic heterocycles. The van der Waals surface area contributed by atoms with E-state index in [1.165, 1.54) is 44.1 Å². The molecule has 3 N–H and O–H groups in total. The third kappa shape index (κ3) is 3.50. The lowest BCUT2D eigenvalue weighted by molar-refractivity contribution is 0.328. The number of pyridine rings is 1. The van der Waals surface area contributed by atoms with Crippen LogP contribution in [0.25, 0.3) is 0 Å². The van der Waals surface area contributed by atoms with E-state index in [1.54, 1.807) is 0 Å². The van der Waals surface area contributed by atoms with E-state index in [4.69, 9.17) is 5.84 Å². The van der Waals surface area contributed by atoms with Crippen LogP contribution in [-0.2, 0) is 0 Å². The number of nitrogens with two attached hydrogens (primary N) is 1. The van der Waals surface area contributed by atoms with Gasteiger partial charge in [0.1, 0.15) is 0 Å². The lowest BCUT2D eigenvalue weighted by Gasteiger charge is -2.25. The zero-order valence-electron chi connectivity index (χ0n) is 10.0. The number of aromatic nitrogens is 1. The fraction of sp³-hybridized carbons (Fsp3) is 0.615. The monoisotopic (exact) mass is 297 g/mol. The van der Waals surface area contributed by atoms with Crippen molar-refractivity contribution >= 4 is 15.9 Å². The molecule has 1 unspecified atom stereocenters. The van der Waals surface area contributed by atoms with Gasteiger partial charge in [-0.05, 0) is 46.3 Å². The molecule has 1 aliphatic rings. The molecule has 1 aliphatic carbocycles. The van der Waals surface area contributed by atoms with Crippen molar-refractivity contribution in [1.29, 1.82) is 0 Å². The number of hydrogen-bond donors (Lipinski definition) is 2. The van der Waals surface area contributed by atoms with Crippen LogP contribution in [0.5, 0.6) is 0 Å². The molecule has 0 amide bonds. The Morgan fingerprint density at radius 2 is 1.94 bits per heavy atom. The minimum atomic E-state index is 0.234. The first kappa shape index (κ1) is 13.0. The molecule has 1 aromatic heterocycles. The van der Waals surface area contributed by atoms with Gasteiger partial charge >= 0.3 is 0 Å². The van der Waals surface area contributed by atoms with Crippen LogP contribution in [0.15, 0.2) is 22.9 Å². The van der Waals surface area contributed by atoms with E-state index in [-0.39, 0.29) is 6.04 Å². The highest BCUT2D eigenvalue weighted by molar-refractivity contribution is 9.10. The van der Waals surface area contributed by atoms with Gasteiger partial charge in [-0.3, -0.25) is 16.3 Å². The SMILES string of the molecule is NNC(c1cncc(Br)c1)C1CCCCCC1. The predicted molar refractivity (Wildman–Crippen MR) is 73.2 cm³/mol. The van der Waals surface area contributed by atoms with Crippen molar-refractivity contribution in [2.45, 2.75) is 44.6 Å². The van der Waals surface area contributed by atoms with E-state index in [2.05, 4.69) is 32.4 Å². The van der Waals surface area contributed by atoms with Crippen LogP contribution in [0.3, 0.4) is 0 Å². The van der Waals surface area contributed by atoms with Crippen LogP contribution in [0.4, 0.5) is 0 Å². The summed E-state index contributed by atoms with van der Waals surface area (Å²) in [6.07, 6.45) is 11.6. The third-order valence-corrected chi connectivity index (χ3v) is 4.07. The molecule has 0 saturated heterocycles. The lowest BCUT2D eigenvalue weighted by atomic mass is 9.88. The van der Waals surface area contributed by atoms with Crippen molar-refractivity contribution in [1.82, 2.24) is 10.4 Å². The summed E-state index contributed by atoms with van der Waals surface area (Å²) in [6, 6.07) is 2.35. The third-order valence-electron chi connectivity index (χ3n) is 3.64. The highest BCUT2D eigenvalue weighted by atomic mass is 79.9. The second kappa shape index (κ2) is 6.47. The van der Waals surface area contributed by atoms with Gasteiger partial charge in [-0.25, -0.2) is 0 Å². The zero-order chi connectivity index (χ0) is 12.1. The van der Waals surface area contributed by atoms with Crippen LogP contribution in [-0.4, -0.2) is 4.98 Å². The molecule has 1 aromatic rings. The first-order chi connectivity index (χ1) is 8.31. The standard InChI is InChI=1S/C13H20BrN3/c14-12-7-11(8-16-9-12)13(17-15)10-5-3-1-2-4-6-10/h7-10,13,17H,1-6,15H2. The van der Waals surface area contributed by atoms with Gasteiger partial charge in [0.15, 0.2) is 0 Å². The molecule has 1 atom stereocenters. The molecule has 17 heavy (non-hydrogen) atoms. The number of hydrazine groups is 1. The Morgan fingerprint density at radius 3 is 2.53 bits per heavy atom. The van der Waals surface area contributed by atoms with Gasteiger partial charge < -0.3 is 0 Å². The number of rotatable bonds is 3. The minimum Gasteiger partial charge on any atom is -0.271 e. The molecule has 0 bridgehead atoms. The highest BCUT2D eigenvalue weighted by Crippen LogP contribution is 2.33. The largest absolute Gasteiger partial charge is 0.271 e. The van der Waals surface area contributed by atoms with Gasteiger partial charge in [-0.1, -0.05) is 25.7 Å². The smallest absolute Gasteiger partial charge is 0.0503 e. The summed E-state index contributed by atoms with van der Waals surface area (Å²) >= 11 is 3.47. The molecule has 1 heterocycles. The molecule has 3 nitrogen and oxygen atoms in total. The van der Waals surface area contributed by atoms with Crippen LogP contribution in [0, 0.1) is 5.92 Å². The molecule has 2 rings (SSSR count). The number of halogens is 1. The van der Waals surface area contributed by atoms with E-state index in [0.717, 1.165) is 4.47 Å². The maximum absolute atomic E-state index is 5.74. The summed E-state index contributed by atoms with van der Waals surface area (Å²) in [4.78, 5) is 4.23. The topological polar surface area (TPSA) is 50.9 Å².